The average Bonchev–Trinajstić information content (AvgIpc) is 2.84. The third-order valence-corrected chi connectivity index (χ3v) is 4.76. The molecule has 0 radical (unpaired) electrons. The molecule has 2 aliphatic rings. The van der Waals surface area contributed by atoms with Crippen molar-refractivity contribution in [2.45, 2.75) is 52.1 Å². The van der Waals surface area contributed by atoms with Crippen LogP contribution in [-0.4, -0.2) is 23.0 Å². The zero-order chi connectivity index (χ0) is 19.5. The fourth-order valence-corrected chi connectivity index (χ4v) is 2.96. The minimum absolute atomic E-state index is 0.163. The van der Waals surface area contributed by atoms with Gasteiger partial charge in [-0.1, -0.05) is 26.5 Å². The van der Waals surface area contributed by atoms with Crippen LogP contribution in [0.25, 0.3) is 0 Å². The van der Waals surface area contributed by atoms with Gasteiger partial charge >= 0.3 is 6.18 Å². The molecule has 0 saturated carbocycles. The Morgan fingerprint density at radius 3 is 2.15 bits per heavy atom. The molecule has 1 aliphatic heterocycles. The second-order valence-electron chi connectivity index (χ2n) is 6.48. The third kappa shape index (κ3) is 4.08. The predicted octanol–water partition coefficient (Wildman–Crippen LogP) is 4.34. The number of hydrazine groups is 1. The van der Waals surface area contributed by atoms with Gasteiger partial charge in [-0.25, -0.2) is 0 Å². The Labute approximate surface area is 151 Å². The summed E-state index contributed by atoms with van der Waals surface area (Å²) in [5.74, 6) is -0.964. The molecule has 0 bridgehead atoms. The lowest BCUT2D eigenvalue weighted by atomic mass is 9.93. The molecule has 0 saturated heterocycles. The zero-order valence-corrected chi connectivity index (χ0v) is 14.9. The van der Waals surface area contributed by atoms with Crippen molar-refractivity contribution >= 4 is 11.8 Å². The van der Waals surface area contributed by atoms with Crippen molar-refractivity contribution < 1.29 is 22.8 Å². The maximum atomic E-state index is 12.9. The number of halogens is 3. The van der Waals surface area contributed by atoms with Gasteiger partial charge in [-0.3, -0.25) is 15.0 Å². The van der Waals surface area contributed by atoms with Gasteiger partial charge in [-0.05, 0) is 50.2 Å². The largest absolute Gasteiger partial charge is 0.416 e. The Hall–Kier alpha value is -2.31. The molecular weight excluding hydrogens is 345 g/mol. The molecular formula is C19H23F3N2O2. The van der Waals surface area contributed by atoms with E-state index in [0.29, 0.717) is 36.1 Å². The summed E-state index contributed by atoms with van der Waals surface area (Å²) in [5, 5.41) is 0.934. The van der Waals surface area contributed by atoms with E-state index in [1.807, 2.05) is 13.8 Å². The summed E-state index contributed by atoms with van der Waals surface area (Å²) < 4.78 is 38.6. The minimum atomic E-state index is -4.52. The molecule has 0 aromatic carbocycles. The fraction of sp³-hybridized carbons (Fsp3) is 0.474. The number of imide groups is 1. The van der Waals surface area contributed by atoms with Gasteiger partial charge in [0.1, 0.15) is 0 Å². The summed E-state index contributed by atoms with van der Waals surface area (Å²) >= 11 is 0. The molecule has 26 heavy (non-hydrogen) atoms. The van der Waals surface area contributed by atoms with Crippen LogP contribution in [0.4, 0.5) is 13.2 Å². The lowest BCUT2D eigenvalue weighted by molar-refractivity contribution is -0.140. The highest BCUT2D eigenvalue weighted by Gasteiger charge is 2.39. The van der Waals surface area contributed by atoms with Crippen LogP contribution in [0.15, 0.2) is 47.2 Å². The number of hydrogen-bond acceptors (Lipinski definition) is 3. The highest BCUT2D eigenvalue weighted by molar-refractivity contribution is 6.19. The molecule has 142 valence electrons. The van der Waals surface area contributed by atoms with Crippen LogP contribution >= 0.6 is 0 Å². The van der Waals surface area contributed by atoms with Gasteiger partial charge in [-0.2, -0.15) is 18.2 Å². The van der Waals surface area contributed by atoms with Crippen LogP contribution in [0.1, 0.15) is 46.0 Å². The van der Waals surface area contributed by atoms with Crippen LogP contribution in [0.2, 0.25) is 0 Å². The molecule has 0 aromatic rings. The van der Waals surface area contributed by atoms with Gasteiger partial charge in [0.2, 0.25) is 0 Å². The topological polar surface area (TPSA) is 49.4 Å². The number of nitrogens with zero attached hydrogens (tertiary/aromatic N) is 1. The standard InChI is InChI=1S/C19H23F3N2O2/c1-4-12(3)16(11-10-13(5-2)19(20,21)22)23-24-17(25)14-8-6-7-9-15(14)18(24)26/h5,10-12,23H,2,4,6-9H2,1,3H3/b13-10+,16-11+. The van der Waals surface area contributed by atoms with Crippen molar-refractivity contribution in [3.63, 3.8) is 0 Å². The monoisotopic (exact) mass is 368 g/mol. The van der Waals surface area contributed by atoms with Gasteiger partial charge in [0.15, 0.2) is 0 Å². The van der Waals surface area contributed by atoms with Crippen LogP contribution < -0.4 is 5.43 Å². The van der Waals surface area contributed by atoms with Crippen LogP contribution in [0.3, 0.4) is 0 Å². The van der Waals surface area contributed by atoms with E-state index in [2.05, 4.69) is 12.0 Å². The van der Waals surface area contributed by atoms with E-state index in [-0.39, 0.29) is 5.92 Å². The number of allylic oxidation sites excluding steroid dienone is 5. The molecule has 0 aromatic heterocycles. The van der Waals surface area contributed by atoms with Crippen molar-refractivity contribution in [3.05, 3.63) is 47.2 Å². The van der Waals surface area contributed by atoms with E-state index in [0.717, 1.165) is 30.0 Å². The zero-order valence-electron chi connectivity index (χ0n) is 14.9. The summed E-state index contributed by atoms with van der Waals surface area (Å²) in [6.07, 6.45) is 1.86. The Balaban J connectivity index is 2.28. The molecule has 1 aliphatic carbocycles. The van der Waals surface area contributed by atoms with Crippen molar-refractivity contribution in [1.29, 1.82) is 0 Å². The van der Waals surface area contributed by atoms with Gasteiger partial charge in [-0.15, -0.1) is 0 Å². The Bertz CT molecular complexity index is 674. The Morgan fingerprint density at radius 2 is 1.73 bits per heavy atom. The summed E-state index contributed by atoms with van der Waals surface area (Å²) in [6, 6.07) is 0. The lowest BCUT2D eigenvalue weighted by Gasteiger charge is -2.23. The number of rotatable bonds is 6. The van der Waals surface area contributed by atoms with E-state index >= 15 is 0 Å². The summed E-state index contributed by atoms with van der Waals surface area (Å²) in [4.78, 5) is 25.0. The smallest absolute Gasteiger partial charge is 0.292 e. The summed E-state index contributed by atoms with van der Waals surface area (Å²) in [7, 11) is 0. The molecule has 7 heteroatoms. The van der Waals surface area contributed by atoms with Gasteiger partial charge in [0.05, 0.1) is 5.57 Å². The summed E-state index contributed by atoms with van der Waals surface area (Å²) in [6.45, 7) is 6.87. The number of carbonyl (C=O) groups excluding carboxylic acids is 2. The Morgan fingerprint density at radius 1 is 1.19 bits per heavy atom. The molecule has 2 amide bonds. The van der Waals surface area contributed by atoms with E-state index in [9.17, 15) is 22.8 Å². The van der Waals surface area contributed by atoms with Crippen LogP contribution in [-0.2, 0) is 9.59 Å². The molecule has 1 unspecified atom stereocenters. The SMILES string of the molecule is C=C/C(=C\C=C(\NN1C(=O)C2=C(CCCC2)C1=O)C(C)CC)C(F)(F)F. The van der Waals surface area contributed by atoms with Crippen LogP contribution in [0, 0.1) is 5.92 Å². The maximum Gasteiger partial charge on any atom is 0.416 e. The minimum Gasteiger partial charge on any atom is -0.292 e. The van der Waals surface area contributed by atoms with E-state index in [1.165, 1.54) is 6.08 Å². The molecule has 2 rings (SSSR count). The number of amides is 2. The normalized spacial score (nSPS) is 20.4. The number of nitrogens with one attached hydrogen (secondary N) is 1. The highest BCUT2D eigenvalue weighted by Crippen LogP contribution is 2.33. The number of hydrogen-bond donors (Lipinski definition) is 1. The molecule has 0 spiro atoms. The number of carbonyl (C=O) groups is 2. The van der Waals surface area contributed by atoms with Gasteiger partial charge in [0.25, 0.3) is 11.8 Å². The van der Waals surface area contributed by atoms with Gasteiger partial charge in [0, 0.05) is 16.8 Å². The third-order valence-electron chi connectivity index (χ3n) is 4.76. The first-order chi connectivity index (χ1) is 12.2. The second-order valence-corrected chi connectivity index (χ2v) is 6.48. The molecule has 0 fully saturated rings. The van der Waals surface area contributed by atoms with E-state index < -0.39 is 23.6 Å². The fourth-order valence-electron chi connectivity index (χ4n) is 2.96. The molecule has 1 atom stereocenters. The average molecular weight is 368 g/mol. The van der Waals surface area contributed by atoms with Crippen molar-refractivity contribution in [1.82, 2.24) is 10.4 Å². The summed E-state index contributed by atoms with van der Waals surface area (Å²) in [5.41, 5.74) is 3.29. The van der Waals surface area contributed by atoms with Crippen molar-refractivity contribution in [2.75, 3.05) is 0 Å². The van der Waals surface area contributed by atoms with E-state index in [1.54, 1.807) is 0 Å². The van der Waals surface area contributed by atoms with Gasteiger partial charge < -0.3 is 0 Å². The quantitative estimate of drug-likeness (QED) is 0.561. The Kier molecular flexibility index (Phi) is 6.10. The first-order valence-corrected chi connectivity index (χ1v) is 8.69. The lowest BCUT2D eigenvalue weighted by Crippen LogP contribution is -2.44. The van der Waals surface area contributed by atoms with Crippen molar-refractivity contribution in [2.24, 2.45) is 5.92 Å². The van der Waals surface area contributed by atoms with Crippen molar-refractivity contribution in [3.8, 4) is 0 Å². The van der Waals surface area contributed by atoms with E-state index in [4.69, 9.17) is 0 Å². The predicted molar refractivity (Wildman–Crippen MR) is 92.4 cm³/mol. The first-order valence-electron chi connectivity index (χ1n) is 8.69. The van der Waals surface area contributed by atoms with Crippen LogP contribution in [0.5, 0.6) is 0 Å². The molecule has 1 heterocycles. The molecule has 4 nitrogen and oxygen atoms in total. The highest BCUT2D eigenvalue weighted by atomic mass is 19.4. The first kappa shape index (κ1) is 20.0. The number of alkyl halides is 3. The second kappa shape index (κ2) is 7.93. The maximum absolute atomic E-state index is 12.9. The molecule has 1 N–H and O–H groups in total.